The fourth-order valence-corrected chi connectivity index (χ4v) is 3.76. The van der Waals surface area contributed by atoms with Gasteiger partial charge in [-0.3, -0.25) is 4.79 Å². The predicted molar refractivity (Wildman–Crippen MR) is 117 cm³/mol. The second-order valence-electron chi connectivity index (χ2n) is 8.02. The van der Waals surface area contributed by atoms with E-state index >= 15 is 0 Å². The molecule has 0 radical (unpaired) electrons. The summed E-state index contributed by atoms with van der Waals surface area (Å²) >= 11 is 0. The summed E-state index contributed by atoms with van der Waals surface area (Å²) in [5, 5.41) is 15.2. The summed E-state index contributed by atoms with van der Waals surface area (Å²) in [7, 11) is 0. The average molecular weight is 417 g/mol. The van der Waals surface area contributed by atoms with Crippen molar-refractivity contribution in [3.05, 3.63) is 82.4 Å². The largest absolute Gasteiger partial charge is 0.454 e. The third kappa shape index (κ3) is 3.57. The third-order valence-electron chi connectivity index (χ3n) is 5.63. The topological polar surface area (TPSA) is 78.0 Å². The fraction of sp³-hybridized carbons (Fsp3) is 0.250. The van der Waals surface area contributed by atoms with Crippen molar-refractivity contribution < 1.29 is 14.6 Å². The van der Waals surface area contributed by atoms with Gasteiger partial charge >= 0.3 is 0 Å². The lowest BCUT2D eigenvalue weighted by molar-refractivity contribution is 0.154. The molecule has 2 aromatic heterocycles. The molecule has 0 unspecified atom stereocenters. The van der Waals surface area contributed by atoms with Gasteiger partial charge in [-0.2, -0.15) is 5.10 Å². The molecule has 1 atom stereocenters. The molecule has 0 amide bonds. The minimum Gasteiger partial charge on any atom is -0.454 e. The zero-order valence-electron chi connectivity index (χ0n) is 17.4. The number of benzene rings is 2. The molecular weight excluding hydrogens is 394 g/mol. The maximum atomic E-state index is 13.0. The van der Waals surface area contributed by atoms with Gasteiger partial charge in [-0.25, -0.2) is 4.52 Å². The molecule has 3 heterocycles. The Labute approximate surface area is 179 Å². The van der Waals surface area contributed by atoms with E-state index in [0.717, 1.165) is 11.3 Å². The SMILES string of the molecule is CC(C)c1ccc(-c2cc3c(=O)n(C[C@@H](O)c4ccc5c(c4)OCO5)ccn3n2)cc1. The summed E-state index contributed by atoms with van der Waals surface area (Å²) in [5.41, 5.74) is 3.87. The number of aromatic nitrogens is 3. The van der Waals surface area contributed by atoms with Crippen LogP contribution in [0.2, 0.25) is 0 Å². The highest BCUT2D eigenvalue weighted by Gasteiger charge is 2.18. The van der Waals surface area contributed by atoms with Crippen LogP contribution in [0.5, 0.6) is 11.5 Å². The number of aliphatic hydroxyl groups is 1. The summed E-state index contributed by atoms with van der Waals surface area (Å²) < 4.78 is 13.8. The second kappa shape index (κ2) is 7.59. The Morgan fingerprint density at radius 2 is 1.74 bits per heavy atom. The van der Waals surface area contributed by atoms with Crippen LogP contribution in [-0.2, 0) is 6.54 Å². The molecule has 0 saturated carbocycles. The molecule has 0 bridgehead atoms. The molecule has 0 saturated heterocycles. The number of ether oxygens (including phenoxy) is 2. The second-order valence-corrected chi connectivity index (χ2v) is 8.02. The first kappa shape index (κ1) is 19.4. The van der Waals surface area contributed by atoms with Crippen molar-refractivity contribution in [3.63, 3.8) is 0 Å². The Morgan fingerprint density at radius 3 is 2.52 bits per heavy atom. The van der Waals surface area contributed by atoms with Gasteiger partial charge in [0, 0.05) is 18.0 Å². The van der Waals surface area contributed by atoms with Crippen molar-refractivity contribution in [2.75, 3.05) is 6.79 Å². The van der Waals surface area contributed by atoms with Gasteiger partial charge in [0.1, 0.15) is 5.52 Å². The Bertz CT molecular complexity index is 1300. The Hall–Kier alpha value is -3.58. The van der Waals surface area contributed by atoms with Gasteiger partial charge in [0.2, 0.25) is 6.79 Å². The molecule has 1 N–H and O–H groups in total. The molecule has 1 aliphatic rings. The van der Waals surface area contributed by atoms with Crippen LogP contribution in [0.4, 0.5) is 0 Å². The van der Waals surface area contributed by atoms with E-state index in [2.05, 4.69) is 31.1 Å². The highest BCUT2D eigenvalue weighted by atomic mass is 16.7. The van der Waals surface area contributed by atoms with Gasteiger partial charge in [-0.05, 0) is 35.2 Å². The maximum Gasteiger partial charge on any atom is 0.276 e. The van der Waals surface area contributed by atoms with Crippen LogP contribution in [0.1, 0.15) is 37.0 Å². The van der Waals surface area contributed by atoms with Crippen molar-refractivity contribution in [2.45, 2.75) is 32.4 Å². The van der Waals surface area contributed by atoms with Crippen LogP contribution in [0.15, 0.2) is 65.7 Å². The van der Waals surface area contributed by atoms with Crippen LogP contribution >= 0.6 is 0 Å². The molecule has 158 valence electrons. The van der Waals surface area contributed by atoms with Gasteiger partial charge in [0.05, 0.1) is 18.3 Å². The number of hydrogen-bond donors (Lipinski definition) is 1. The molecule has 4 aromatic rings. The minimum atomic E-state index is -0.861. The van der Waals surface area contributed by atoms with Crippen LogP contribution in [0.3, 0.4) is 0 Å². The third-order valence-corrected chi connectivity index (χ3v) is 5.63. The lowest BCUT2D eigenvalue weighted by Crippen LogP contribution is -2.24. The normalized spacial score (nSPS) is 13.8. The molecule has 0 fully saturated rings. The number of aliphatic hydroxyl groups excluding tert-OH is 1. The van der Waals surface area contributed by atoms with E-state index in [-0.39, 0.29) is 18.9 Å². The molecule has 7 heteroatoms. The monoisotopic (exact) mass is 417 g/mol. The molecule has 0 aliphatic carbocycles. The summed E-state index contributed by atoms with van der Waals surface area (Å²) in [4.78, 5) is 13.0. The number of rotatable bonds is 5. The molecule has 7 nitrogen and oxygen atoms in total. The minimum absolute atomic E-state index is 0.124. The van der Waals surface area contributed by atoms with Crippen molar-refractivity contribution >= 4 is 5.52 Å². The van der Waals surface area contributed by atoms with Gasteiger partial charge < -0.3 is 19.1 Å². The number of hydrogen-bond acceptors (Lipinski definition) is 5. The number of nitrogens with zero attached hydrogens (tertiary/aromatic N) is 3. The highest BCUT2D eigenvalue weighted by molar-refractivity contribution is 5.65. The summed E-state index contributed by atoms with van der Waals surface area (Å²) in [6.45, 7) is 4.61. The summed E-state index contributed by atoms with van der Waals surface area (Å²) in [6, 6.07) is 15.3. The first-order valence-electron chi connectivity index (χ1n) is 10.3. The van der Waals surface area contributed by atoms with Crippen LogP contribution in [-0.4, -0.2) is 26.1 Å². The molecule has 5 rings (SSSR count). The van der Waals surface area contributed by atoms with E-state index in [4.69, 9.17) is 9.47 Å². The van der Waals surface area contributed by atoms with E-state index in [1.54, 1.807) is 41.2 Å². The van der Waals surface area contributed by atoms with Crippen molar-refractivity contribution in [2.24, 2.45) is 0 Å². The summed E-state index contributed by atoms with van der Waals surface area (Å²) in [5.74, 6) is 1.71. The Balaban J connectivity index is 1.42. The van der Waals surface area contributed by atoms with E-state index < -0.39 is 6.10 Å². The standard InChI is InChI=1S/C24H23N3O4/c1-15(2)16-3-5-17(6-4-16)19-12-20-24(29)26(9-10-27(20)25-19)13-21(28)18-7-8-22-23(11-18)31-14-30-22/h3-12,15,21,28H,13-14H2,1-2H3/t21-/m1/s1. The van der Waals surface area contributed by atoms with Crippen LogP contribution in [0, 0.1) is 0 Å². The van der Waals surface area contributed by atoms with E-state index in [9.17, 15) is 9.90 Å². The van der Waals surface area contributed by atoms with Crippen LogP contribution in [0.25, 0.3) is 16.8 Å². The first-order chi connectivity index (χ1) is 15.0. The van der Waals surface area contributed by atoms with Gasteiger partial charge in [-0.15, -0.1) is 0 Å². The van der Waals surface area contributed by atoms with Gasteiger partial charge in [-0.1, -0.05) is 44.2 Å². The Morgan fingerprint density at radius 1 is 1.00 bits per heavy atom. The molecule has 0 spiro atoms. The molecule has 2 aromatic carbocycles. The molecular formula is C24H23N3O4. The van der Waals surface area contributed by atoms with Gasteiger partial charge in [0.15, 0.2) is 11.5 Å². The smallest absolute Gasteiger partial charge is 0.276 e. The maximum absolute atomic E-state index is 13.0. The lowest BCUT2D eigenvalue weighted by Gasteiger charge is -2.13. The predicted octanol–water partition coefficient (Wildman–Crippen LogP) is 3.75. The van der Waals surface area contributed by atoms with Gasteiger partial charge in [0.25, 0.3) is 5.56 Å². The summed E-state index contributed by atoms with van der Waals surface area (Å²) in [6.07, 6.45) is 2.51. The molecule has 1 aliphatic heterocycles. The van der Waals surface area contributed by atoms with E-state index in [0.29, 0.717) is 28.5 Å². The molecule has 31 heavy (non-hydrogen) atoms. The fourth-order valence-electron chi connectivity index (χ4n) is 3.76. The van der Waals surface area contributed by atoms with Crippen molar-refractivity contribution in [1.29, 1.82) is 0 Å². The number of fused-ring (bicyclic) bond motifs is 2. The highest BCUT2D eigenvalue weighted by Crippen LogP contribution is 2.34. The van der Waals surface area contributed by atoms with Crippen LogP contribution < -0.4 is 15.0 Å². The van der Waals surface area contributed by atoms with E-state index in [1.807, 2.05) is 12.1 Å². The van der Waals surface area contributed by atoms with Crippen molar-refractivity contribution in [3.8, 4) is 22.8 Å². The van der Waals surface area contributed by atoms with Crippen molar-refractivity contribution in [1.82, 2.24) is 14.2 Å². The average Bonchev–Trinajstić information content (AvgIpc) is 3.42. The zero-order valence-corrected chi connectivity index (χ0v) is 17.4. The first-order valence-corrected chi connectivity index (χ1v) is 10.3. The quantitative estimate of drug-likeness (QED) is 0.535. The Kier molecular flexibility index (Phi) is 4.75. The zero-order chi connectivity index (χ0) is 21.5. The van der Waals surface area contributed by atoms with E-state index in [1.165, 1.54) is 10.1 Å². The lowest BCUT2D eigenvalue weighted by atomic mass is 10.0.